The van der Waals surface area contributed by atoms with E-state index in [1.165, 1.54) is 89.0 Å². The van der Waals surface area contributed by atoms with Crippen molar-refractivity contribution >= 4 is 11.9 Å². The number of esters is 2. The maximum Gasteiger partial charge on any atom is 0.339 e. The zero-order valence-electron chi connectivity index (χ0n) is 36.8. The minimum Gasteiger partial charge on any atom is -0.462 e. The smallest absolute Gasteiger partial charge is 0.339 e. The van der Waals surface area contributed by atoms with E-state index in [0.717, 1.165) is 47.9 Å². The molecule has 4 heteroatoms. The lowest BCUT2D eigenvalue weighted by Crippen LogP contribution is -2.25. The molecule has 0 N–H and O–H groups in total. The van der Waals surface area contributed by atoms with Crippen LogP contribution >= 0.6 is 0 Å². The van der Waals surface area contributed by atoms with Crippen molar-refractivity contribution in [1.29, 1.82) is 0 Å². The van der Waals surface area contributed by atoms with E-state index < -0.39 is 11.9 Å². The van der Waals surface area contributed by atoms with E-state index in [9.17, 15) is 9.59 Å². The van der Waals surface area contributed by atoms with Gasteiger partial charge in [-0.3, -0.25) is 0 Å². The van der Waals surface area contributed by atoms with Gasteiger partial charge in [0.25, 0.3) is 0 Å². The largest absolute Gasteiger partial charge is 0.462 e. The van der Waals surface area contributed by atoms with Gasteiger partial charge in [0.15, 0.2) is 0 Å². The van der Waals surface area contributed by atoms with Crippen molar-refractivity contribution in [3.05, 3.63) is 199 Å². The highest BCUT2D eigenvalue weighted by atomic mass is 16.5. The van der Waals surface area contributed by atoms with Crippen molar-refractivity contribution in [2.24, 2.45) is 0 Å². The fourth-order valence-corrected chi connectivity index (χ4v) is 10.9. The van der Waals surface area contributed by atoms with Gasteiger partial charge in [-0.2, -0.15) is 0 Å². The van der Waals surface area contributed by atoms with Crippen molar-refractivity contribution in [2.75, 3.05) is 13.2 Å². The second kappa shape index (κ2) is 17.1. The number of carbonyl (C=O) groups is 2. The van der Waals surface area contributed by atoms with Crippen LogP contribution in [0.15, 0.2) is 121 Å². The maximum absolute atomic E-state index is 13.7. The van der Waals surface area contributed by atoms with Crippen LogP contribution in [0.5, 0.6) is 0 Å². The molecule has 310 valence electrons. The lowest BCUT2D eigenvalue weighted by atomic mass is 9.67. The van der Waals surface area contributed by atoms with Crippen LogP contribution in [0.4, 0.5) is 0 Å². The highest BCUT2D eigenvalue weighted by molar-refractivity contribution is 6.07. The van der Waals surface area contributed by atoms with E-state index in [4.69, 9.17) is 9.47 Å². The normalized spacial score (nSPS) is 12.5. The number of hydrogen-bond acceptors (Lipinski definition) is 4. The summed E-state index contributed by atoms with van der Waals surface area (Å²) in [5, 5.41) is 0. The van der Waals surface area contributed by atoms with Crippen LogP contribution in [0.25, 0.3) is 44.5 Å². The van der Waals surface area contributed by atoms with E-state index in [1.54, 1.807) is 13.8 Å². The topological polar surface area (TPSA) is 52.6 Å². The van der Waals surface area contributed by atoms with Gasteiger partial charge < -0.3 is 9.47 Å². The van der Waals surface area contributed by atoms with Gasteiger partial charge >= 0.3 is 11.9 Å². The summed E-state index contributed by atoms with van der Waals surface area (Å²) in [7, 11) is 0. The molecule has 0 amide bonds. The van der Waals surface area contributed by atoms with Gasteiger partial charge in [-0.05, 0) is 177 Å². The minimum absolute atomic E-state index is 0.225. The summed E-state index contributed by atoms with van der Waals surface area (Å²) >= 11 is 0. The summed E-state index contributed by atoms with van der Waals surface area (Å²) in [6.07, 6.45) is 4.81. The summed E-state index contributed by atoms with van der Waals surface area (Å²) < 4.78 is 11.2. The van der Waals surface area contributed by atoms with Crippen molar-refractivity contribution in [3.8, 4) is 44.5 Å². The van der Waals surface area contributed by atoms with E-state index in [2.05, 4.69) is 135 Å². The fraction of sp³-hybridized carbons (Fsp3) is 0.241. The van der Waals surface area contributed by atoms with Crippen LogP contribution < -0.4 is 0 Å². The third-order valence-corrected chi connectivity index (χ3v) is 13.5. The zero-order chi connectivity index (χ0) is 43.1. The van der Waals surface area contributed by atoms with Gasteiger partial charge in [-0.15, -0.1) is 0 Å². The number of ether oxygens (including phenoxy) is 2. The van der Waals surface area contributed by atoms with Crippen molar-refractivity contribution in [3.63, 3.8) is 0 Å². The molecule has 4 nitrogen and oxygen atoms in total. The summed E-state index contributed by atoms with van der Waals surface area (Å²) in [5.74, 6) is -0.938. The van der Waals surface area contributed by atoms with Gasteiger partial charge in [0.05, 0.1) is 24.3 Å². The molecule has 0 atom stereocenters. The van der Waals surface area contributed by atoms with Crippen LogP contribution in [0.2, 0.25) is 0 Å². The molecule has 0 aliphatic heterocycles. The third kappa shape index (κ3) is 6.77. The number of carbonyl (C=O) groups excluding carboxylic acids is 2. The second-order valence-electron chi connectivity index (χ2n) is 16.6. The molecule has 0 spiro atoms. The number of hydrogen-bond donors (Lipinski definition) is 0. The molecule has 2 aliphatic carbocycles. The molecule has 0 radical (unpaired) electrons. The molecule has 0 saturated carbocycles. The first-order chi connectivity index (χ1) is 30.3. The van der Waals surface area contributed by atoms with Crippen LogP contribution in [0, 0.1) is 13.8 Å². The molecule has 0 aromatic heterocycles. The maximum atomic E-state index is 13.7. The Morgan fingerprint density at radius 3 is 0.935 bits per heavy atom. The van der Waals surface area contributed by atoms with E-state index in [1.807, 2.05) is 13.8 Å². The molecule has 7 aromatic rings. The molecule has 0 unspecified atom stereocenters. The highest BCUT2D eigenvalue weighted by Crippen LogP contribution is 2.54. The second-order valence-corrected chi connectivity index (χ2v) is 16.6. The first-order valence-electron chi connectivity index (χ1n) is 22.4. The lowest BCUT2D eigenvalue weighted by molar-refractivity contribution is 0.0477. The molecule has 9 rings (SSSR count). The van der Waals surface area contributed by atoms with Gasteiger partial charge in [0, 0.05) is 0 Å². The fourth-order valence-electron chi connectivity index (χ4n) is 10.9. The van der Waals surface area contributed by atoms with Gasteiger partial charge in [-0.25, -0.2) is 9.59 Å². The van der Waals surface area contributed by atoms with Crippen molar-refractivity contribution in [1.82, 2.24) is 0 Å². The summed E-state index contributed by atoms with van der Waals surface area (Å²) in [5.41, 5.74) is 25.9. The molecule has 2 aliphatic rings. The molecule has 0 bridgehead atoms. The molecule has 62 heavy (non-hydrogen) atoms. The minimum atomic E-state index is -0.469. The Morgan fingerprint density at radius 1 is 0.387 bits per heavy atom. The molecule has 0 fully saturated rings. The summed E-state index contributed by atoms with van der Waals surface area (Å²) in [6.45, 7) is 12.7. The molecule has 0 heterocycles. The standard InChI is InChI=1S/C58H54O4/c1-7-41-45-31-43-35(5)51(57(59)61-9-3)52(58(60)62-10-4)36(6)44(43)32-46(45)42(8-2)48-34-50-49(33-47(41)48)53(37-23-15-11-16-24-37)55(39-27-19-13-20-28-39)56(40-29-21-14-22-30-40)54(50)38-25-17-12-18-26-38/h11-30H,7-10,31-34H2,1-6H3. The SMILES string of the molecule is CCOC(=O)c1c(C)c2c(c(C)c1C(=O)OCC)Cc1c(CC)c3c(c(CC)c1C2)Cc1c(c(-c2ccccc2)c(-c2ccccc2)c(-c2ccccc2)c1-c1ccccc1)C3. The molecule has 0 saturated heterocycles. The Balaban J connectivity index is 1.36. The Kier molecular flexibility index (Phi) is 11.3. The average Bonchev–Trinajstić information content (AvgIpc) is 3.31. The number of rotatable bonds is 10. The average molecular weight is 815 g/mol. The molecular formula is C58H54O4. The lowest BCUT2D eigenvalue weighted by Gasteiger charge is -2.37. The first kappa shape index (κ1) is 40.9. The number of fused-ring (bicyclic) bond motifs is 4. The predicted molar refractivity (Wildman–Crippen MR) is 252 cm³/mol. The van der Waals surface area contributed by atoms with E-state index in [0.29, 0.717) is 24.0 Å². The number of benzene rings is 7. The monoisotopic (exact) mass is 814 g/mol. The van der Waals surface area contributed by atoms with Crippen molar-refractivity contribution < 1.29 is 19.1 Å². The van der Waals surface area contributed by atoms with E-state index >= 15 is 0 Å². The Morgan fingerprint density at radius 2 is 0.661 bits per heavy atom. The van der Waals surface area contributed by atoms with Crippen LogP contribution in [-0.4, -0.2) is 25.2 Å². The van der Waals surface area contributed by atoms with E-state index in [-0.39, 0.29) is 13.2 Å². The van der Waals surface area contributed by atoms with Crippen LogP contribution in [0.3, 0.4) is 0 Å². The highest BCUT2D eigenvalue weighted by Gasteiger charge is 2.37. The Bertz CT molecular complexity index is 2660. The van der Waals surface area contributed by atoms with Gasteiger partial charge in [0.1, 0.15) is 0 Å². The summed E-state index contributed by atoms with van der Waals surface area (Å²) in [4.78, 5) is 27.4. The van der Waals surface area contributed by atoms with Gasteiger partial charge in [-0.1, -0.05) is 135 Å². The van der Waals surface area contributed by atoms with Crippen LogP contribution in [0.1, 0.15) is 115 Å². The first-order valence-corrected chi connectivity index (χ1v) is 22.4. The quantitative estimate of drug-likeness (QED) is 0.129. The Hall–Kier alpha value is -6.52. The van der Waals surface area contributed by atoms with Crippen LogP contribution in [-0.2, 0) is 48.0 Å². The third-order valence-electron chi connectivity index (χ3n) is 13.5. The Labute approximate surface area is 366 Å². The zero-order valence-corrected chi connectivity index (χ0v) is 36.8. The molecule has 7 aromatic carbocycles. The predicted octanol–water partition coefficient (Wildman–Crippen LogP) is 13.4. The van der Waals surface area contributed by atoms with Crippen molar-refractivity contribution in [2.45, 2.75) is 80.1 Å². The molecular weight excluding hydrogens is 761 g/mol. The summed E-state index contributed by atoms with van der Waals surface area (Å²) in [6, 6.07) is 44.0. The van der Waals surface area contributed by atoms with Gasteiger partial charge in [0.2, 0.25) is 0 Å².